The van der Waals surface area contributed by atoms with Crippen molar-refractivity contribution in [2.24, 2.45) is 0 Å². The Morgan fingerprint density at radius 2 is 2.16 bits per heavy atom. The lowest BCUT2D eigenvalue weighted by atomic mass is 10.0. The molecule has 1 aliphatic heterocycles. The van der Waals surface area contributed by atoms with Gasteiger partial charge in [-0.3, -0.25) is 4.79 Å². The lowest BCUT2D eigenvalue weighted by Gasteiger charge is -2.34. The second-order valence-electron chi connectivity index (χ2n) is 5.17. The first-order chi connectivity index (χ1) is 9.04. The number of piperidine rings is 1. The summed E-state index contributed by atoms with van der Waals surface area (Å²) in [5.74, 6) is 0.710. The second-order valence-corrected chi connectivity index (χ2v) is 6.03. The third kappa shape index (κ3) is 2.94. The molecule has 1 saturated heterocycles. The number of ether oxygens (including phenoxy) is 1. The van der Waals surface area contributed by atoms with E-state index >= 15 is 0 Å². The molecule has 104 valence electrons. The van der Waals surface area contributed by atoms with Gasteiger partial charge in [0.15, 0.2) is 0 Å². The average molecular weight is 326 g/mol. The molecule has 0 N–H and O–H groups in total. The molecule has 1 atom stereocenters. The molecule has 1 fully saturated rings. The highest BCUT2D eigenvalue weighted by atomic mass is 79.9. The van der Waals surface area contributed by atoms with Gasteiger partial charge in [0.05, 0.1) is 17.1 Å². The Balaban J connectivity index is 2.37. The van der Waals surface area contributed by atoms with Crippen LogP contribution in [-0.2, 0) is 0 Å². The molecule has 0 saturated carbocycles. The van der Waals surface area contributed by atoms with Gasteiger partial charge in [-0.2, -0.15) is 0 Å². The van der Waals surface area contributed by atoms with Crippen LogP contribution in [0.1, 0.15) is 42.1 Å². The maximum atomic E-state index is 12.7. The molecule has 0 aromatic heterocycles. The minimum Gasteiger partial charge on any atom is -0.495 e. The van der Waals surface area contributed by atoms with E-state index in [1.165, 1.54) is 6.42 Å². The number of rotatable bonds is 2. The van der Waals surface area contributed by atoms with Gasteiger partial charge < -0.3 is 9.64 Å². The SMILES string of the molecule is COc1c(Br)cc(C)cc1C(=O)N1CCCC[C@H]1C. The highest BCUT2D eigenvalue weighted by molar-refractivity contribution is 9.10. The lowest BCUT2D eigenvalue weighted by molar-refractivity contribution is 0.0632. The summed E-state index contributed by atoms with van der Waals surface area (Å²) in [4.78, 5) is 14.7. The number of hydrogen-bond acceptors (Lipinski definition) is 2. The number of amides is 1. The van der Waals surface area contributed by atoms with E-state index in [1.54, 1.807) is 7.11 Å². The number of halogens is 1. The van der Waals surface area contributed by atoms with Crippen molar-refractivity contribution in [1.29, 1.82) is 0 Å². The van der Waals surface area contributed by atoms with Crippen LogP contribution in [0.2, 0.25) is 0 Å². The number of hydrogen-bond donors (Lipinski definition) is 0. The molecule has 1 aromatic carbocycles. The fraction of sp³-hybridized carbons (Fsp3) is 0.533. The van der Waals surface area contributed by atoms with Gasteiger partial charge in [0, 0.05) is 12.6 Å². The van der Waals surface area contributed by atoms with Gasteiger partial charge >= 0.3 is 0 Å². The van der Waals surface area contributed by atoms with Crippen LogP contribution in [0.25, 0.3) is 0 Å². The molecular formula is C15H20BrNO2. The van der Waals surface area contributed by atoms with Crippen molar-refractivity contribution in [1.82, 2.24) is 4.90 Å². The summed E-state index contributed by atoms with van der Waals surface area (Å²) in [6.45, 7) is 4.95. The van der Waals surface area contributed by atoms with Crippen molar-refractivity contribution in [3.05, 3.63) is 27.7 Å². The zero-order valence-electron chi connectivity index (χ0n) is 11.7. The molecule has 1 aromatic rings. The monoisotopic (exact) mass is 325 g/mol. The normalized spacial score (nSPS) is 19.4. The first-order valence-corrected chi connectivity index (χ1v) is 7.49. The maximum absolute atomic E-state index is 12.7. The Kier molecular flexibility index (Phi) is 4.50. The zero-order valence-corrected chi connectivity index (χ0v) is 13.3. The van der Waals surface area contributed by atoms with Gasteiger partial charge in [-0.25, -0.2) is 0 Å². The largest absolute Gasteiger partial charge is 0.495 e. The van der Waals surface area contributed by atoms with E-state index in [4.69, 9.17) is 4.74 Å². The third-order valence-corrected chi connectivity index (χ3v) is 4.28. The van der Waals surface area contributed by atoms with E-state index in [-0.39, 0.29) is 5.91 Å². The van der Waals surface area contributed by atoms with E-state index in [9.17, 15) is 4.79 Å². The van der Waals surface area contributed by atoms with Crippen LogP contribution in [0.3, 0.4) is 0 Å². The van der Waals surface area contributed by atoms with E-state index in [0.29, 0.717) is 17.4 Å². The molecule has 1 heterocycles. The maximum Gasteiger partial charge on any atom is 0.257 e. The highest BCUT2D eigenvalue weighted by Crippen LogP contribution is 2.32. The van der Waals surface area contributed by atoms with Crippen molar-refractivity contribution >= 4 is 21.8 Å². The molecule has 0 bridgehead atoms. The molecule has 0 radical (unpaired) electrons. The van der Waals surface area contributed by atoms with Gasteiger partial charge in [0.25, 0.3) is 5.91 Å². The minimum atomic E-state index is 0.0773. The predicted molar refractivity (Wildman–Crippen MR) is 79.8 cm³/mol. The quantitative estimate of drug-likeness (QED) is 0.828. The lowest BCUT2D eigenvalue weighted by Crippen LogP contribution is -2.42. The number of aryl methyl sites for hydroxylation is 1. The van der Waals surface area contributed by atoms with Crippen molar-refractivity contribution in [2.45, 2.75) is 39.2 Å². The van der Waals surface area contributed by atoms with E-state index in [0.717, 1.165) is 29.4 Å². The molecule has 0 spiro atoms. The Hall–Kier alpha value is -1.03. The van der Waals surface area contributed by atoms with Crippen molar-refractivity contribution < 1.29 is 9.53 Å². The van der Waals surface area contributed by atoms with E-state index in [2.05, 4.69) is 22.9 Å². The van der Waals surface area contributed by atoms with Crippen molar-refractivity contribution in [3.63, 3.8) is 0 Å². The fourth-order valence-electron chi connectivity index (χ4n) is 2.65. The summed E-state index contributed by atoms with van der Waals surface area (Å²) in [6, 6.07) is 4.19. The molecule has 2 rings (SSSR count). The summed E-state index contributed by atoms with van der Waals surface area (Å²) in [5.41, 5.74) is 1.71. The Labute approximate surface area is 123 Å². The number of carbonyl (C=O) groups is 1. The molecule has 0 aliphatic carbocycles. The molecule has 1 amide bonds. The van der Waals surface area contributed by atoms with E-state index < -0.39 is 0 Å². The van der Waals surface area contributed by atoms with E-state index in [1.807, 2.05) is 24.0 Å². The second kappa shape index (κ2) is 5.95. The van der Waals surface area contributed by atoms with Crippen LogP contribution in [0, 0.1) is 6.92 Å². The molecule has 19 heavy (non-hydrogen) atoms. The first kappa shape index (κ1) is 14.4. The van der Waals surface area contributed by atoms with Gasteiger partial charge in [0.2, 0.25) is 0 Å². The number of benzene rings is 1. The summed E-state index contributed by atoms with van der Waals surface area (Å²) in [5, 5.41) is 0. The van der Waals surface area contributed by atoms with Gasteiger partial charge in [0.1, 0.15) is 5.75 Å². The average Bonchev–Trinajstić information content (AvgIpc) is 2.37. The Morgan fingerprint density at radius 1 is 1.42 bits per heavy atom. The Morgan fingerprint density at radius 3 is 2.79 bits per heavy atom. The third-order valence-electron chi connectivity index (χ3n) is 3.69. The highest BCUT2D eigenvalue weighted by Gasteiger charge is 2.27. The fourth-order valence-corrected chi connectivity index (χ4v) is 3.39. The van der Waals surface area contributed by atoms with Crippen LogP contribution in [0.15, 0.2) is 16.6 Å². The minimum absolute atomic E-state index is 0.0773. The van der Waals surface area contributed by atoms with Crippen LogP contribution >= 0.6 is 15.9 Å². The molecule has 3 nitrogen and oxygen atoms in total. The molecule has 1 aliphatic rings. The number of likely N-dealkylation sites (tertiary alicyclic amines) is 1. The van der Waals surface area contributed by atoms with Crippen LogP contribution in [0.4, 0.5) is 0 Å². The van der Waals surface area contributed by atoms with Gasteiger partial charge in [-0.15, -0.1) is 0 Å². The van der Waals surface area contributed by atoms with Crippen LogP contribution in [0.5, 0.6) is 5.75 Å². The number of methoxy groups -OCH3 is 1. The van der Waals surface area contributed by atoms with Crippen LogP contribution in [-0.4, -0.2) is 30.5 Å². The molecule has 0 unspecified atom stereocenters. The summed E-state index contributed by atoms with van der Waals surface area (Å²) in [7, 11) is 1.60. The zero-order chi connectivity index (χ0) is 14.0. The van der Waals surface area contributed by atoms with Gasteiger partial charge in [-0.1, -0.05) is 0 Å². The number of carbonyl (C=O) groups excluding carboxylic acids is 1. The number of nitrogens with zero attached hydrogens (tertiary/aromatic N) is 1. The summed E-state index contributed by atoms with van der Waals surface area (Å²) < 4.78 is 6.22. The predicted octanol–water partition coefficient (Wildman–Crippen LogP) is 3.78. The Bertz CT molecular complexity index is 487. The molecular weight excluding hydrogens is 306 g/mol. The smallest absolute Gasteiger partial charge is 0.257 e. The first-order valence-electron chi connectivity index (χ1n) is 6.69. The summed E-state index contributed by atoms with van der Waals surface area (Å²) >= 11 is 3.47. The molecule has 4 heteroatoms. The van der Waals surface area contributed by atoms with Crippen LogP contribution < -0.4 is 4.74 Å². The standard InChI is InChI=1S/C15H20BrNO2/c1-10-8-12(14(19-3)13(16)9-10)15(18)17-7-5-4-6-11(17)2/h8-9,11H,4-7H2,1-3H3/t11-/m1/s1. The van der Waals surface area contributed by atoms with Crippen molar-refractivity contribution in [3.8, 4) is 5.75 Å². The topological polar surface area (TPSA) is 29.5 Å². The van der Waals surface area contributed by atoms with Gasteiger partial charge in [-0.05, 0) is 66.7 Å². The van der Waals surface area contributed by atoms with Crippen molar-refractivity contribution in [2.75, 3.05) is 13.7 Å². The summed E-state index contributed by atoms with van der Waals surface area (Å²) in [6.07, 6.45) is 3.38.